The van der Waals surface area contributed by atoms with E-state index in [-0.39, 0.29) is 11.4 Å². The van der Waals surface area contributed by atoms with Gasteiger partial charge in [0.05, 0.1) is 0 Å². The molecule has 106 valence electrons. The molecule has 0 aliphatic carbocycles. The Morgan fingerprint density at radius 2 is 1.85 bits per heavy atom. The Morgan fingerprint density at radius 3 is 2.45 bits per heavy atom. The van der Waals surface area contributed by atoms with Crippen molar-refractivity contribution in [1.82, 2.24) is 4.57 Å². The van der Waals surface area contributed by atoms with E-state index in [1.165, 1.54) is 6.07 Å². The number of ether oxygens (including phenoxy) is 1. The van der Waals surface area contributed by atoms with Crippen LogP contribution in [0.5, 0.6) is 5.75 Å². The van der Waals surface area contributed by atoms with E-state index in [1.807, 2.05) is 30.3 Å². The summed E-state index contributed by atoms with van der Waals surface area (Å²) >= 11 is 0. The van der Waals surface area contributed by atoms with Gasteiger partial charge in [0, 0.05) is 12.7 Å². The van der Waals surface area contributed by atoms with Crippen LogP contribution in [0, 0.1) is 0 Å². The van der Waals surface area contributed by atoms with E-state index in [9.17, 15) is 9.90 Å². The lowest BCUT2D eigenvalue weighted by Gasteiger charge is -2.20. The number of hydrogen-bond donors (Lipinski definition) is 1. The van der Waals surface area contributed by atoms with Crippen LogP contribution in [0.15, 0.2) is 42.6 Å². The summed E-state index contributed by atoms with van der Waals surface area (Å²) in [6.45, 7) is 5.90. The topological polar surface area (TPSA) is 51.5 Å². The third kappa shape index (κ3) is 3.41. The van der Waals surface area contributed by atoms with Crippen LogP contribution in [0.25, 0.3) is 0 Å². The van der Waals surface area contributed by atoms with Gasteiger partial charge in [-0.1, -0.05) is 30.3 Å². The number of aromatic hydroxyl groups is 1. The van der Waals surface area contributed by atoms with E-state index in [1.54, 1.807) is 31.5 Å². The SMILES string of the molecule is CC(C)(C)OC(=O)c1c(O)ccn1Cc1ccccc1. The average molecular weight is 273 g/mol. The van der Waals surface area contributed by atoms with Gasteiger partial charge in [0.25, 0.3) is 0 Å². The minimum absolute atomic E-state index is 0.0600. The van der Waals surface area contributed by atoms with Crippen LogP contribution in [0.3, 0.4) is 0 Å². The lowest BCUT2D eigenvalue weighted by atomic mass is 10.2. The molecule has 20 heavy (non-hydrogen) atoms. The predicted molar refractivity (Wildman–Crippen MR) is 76.8 cm³/mol. The van der Waals surface area contributed by atoms with Gasteiger partial charge in [-0.2, -0.15) is 0 Å². The van der Waals surface area contributed by atoms with Gasteiger partial charge < -0.3 is 14.4 Å². The van der Waals surface area contributed by atoms with Crippen LogP contribution in [0.4, 0.5) is 0 Å². The molecule has 1 heterocycles. The maximum atomic E-state index is 12.2. The van der Waals surface area contributed by atoms with E-state index in [0.29, 0.717) is 6.54 Å². The molecule has 1 N–H and O–H groups in total. The third-order valence-corrected chi connectivity index (χ3v) is 2.73. The molecule has 0 saturated carbocycles. The van der Waals surface area contributed by atoms with Gasteiger partial charge in [-0.3, -0.25) is 0 Å². The smallest absolute Gasteiger partial charge is 0.359 e. The molecule has 1 aromatic heterocycles. The molecule has 2 rings (SSSR count). The largest absolute Gasteiger partial charge is 0.505 e. The third-order valence-electron chi connectivity index (χ3n) is 2.73. The van der Waals surface area contributed by atoms with Crippen LogP contribution >= 0.6 is 0 Å². The molecule has 0 amide bonds. The molecule has 0 radical (unpaired) electrons. The Hall–Kier alpha value is -2.23. The second-order valence-electron chi connectivity index (χ2n) is 5.66. The summed E-state index contributed by atoms with van der Waals surface area (Å²) in [4.78, 5) is 12.2. The maximum absolute atomic E-state index is 12.2. The van der Waals surface area contributed by atoms with Crippen LogP contribution in [0.1, 0.15) is 36.8 Å². The number of aromatic nitrogens is 1. The van der Waals surface area contributed by atoms with E-state index < -0.39 is 11.6 Å². The second kappa shape index (κ2) is 5.41. The van der Waals surface area contributed by atoms with Crippen molar-refractivity contribution in [2.45, 2.75) is 32.9 Å². The monoisotopic (exact) mass is 273 g/mol. The highest BCUT2D eigenvalue weighted by Gasteiger charge is 2.23. The molecule has 0 aliphatic rings. The number of nitrogens with zero attached hydrogens (tertiary/aromatic N) is 1. The van der Waals surface area contributed by atoms with Crippen LogP contribution < -0.4 is 0 Å². The van der Waals surface area contributed by atoms with Crippen molar-refractivity contribution in [3.63, 3.8) is 0 Å². The van der Waals surface area contributed by atoms with Crippen molar-refractivity contribution in [2.75, 3.05) is 0 Å². The fourth-order valence-corrected chi connectivity index (χ4v) is 1.92. The van der Waals surface area contributed by atoms with E-state index in [4.69, 9.17) is 4.74 Å². The Balaban J connectivity index is 2.26. The number of esters is 1. The standard InChI is InChI=1S/C16H19NO3/c1-16(2,3)20-15(19)14-13(18)9-10-17(14)11-12-7-5-4-6-8-12/h4-10,18H,11H2,1-3H3. The Morgan fingerprint density at radius 1 is 1.20 bits per heavy atom. The van der Waals surface area contributed by atoms with Crippen LogP contribution in [0.2, 0.25) is 0 Å². The fraction of sp³-hybridized carbons (Fsp3) is 0.312. The van der Waals surface area contributed by atoms with E-state index >= 15 is 0 Å². The van der Waals surface area contributed by atoms with Crippen molar-refractivity contribution < 1.29 is 14.6 Å². The van der Waals surface area contributed by atoms with Crippen LogP contribution in [-0.2, 0) is 11.3 Å². The van der Waals surface area contributed by atoms with Gasteiger partial charge in [0.1, 0.15) is 11.4 Å². The summed E-state index contributed by atoms with van der Waals surface area (Å²) in [6.07, 6.45) is 1.68. The van der Waals surface area contributed by atoms with Crippen LogP contribution in [-0.4, -0.2) is 21.2 Å². The number of carbonyl (C=O) groups is 1. The lowest BCUT2D eigenvalue weighted by Crippen LogP contribution is -2.25. The van der Waals surface area contributed by atoms with Crippen molar-refractivity contribution in [3.05, 3.63) is 53.9 Å². The molecule has 4 nitrogen and oxygen atoms in total. The summed E-state index contributed by atoms with van der Waals surface area (Å²) in [5, 5.41) is 9.85. The number of carbonyl (C=O) groups excluding carboxylic acids is 1. The van der Waals surface area contributed by atoms with Crippen molar-refractivity contribution in [2.24, 2.45) is 0 Å². The molecule has 0 aliphatic heterocycles. The highest BCUT2D eigenvalue weighted by atomic mass is 16.6. The number of hydrogen-bond acceptors (Lipinski definition) is 3. The molecular weight excluding hydrogens is 254 g/mol. The van der Waals surface area contributed by atoms with Crippen molar-refractivity contribution in [1.29, 1.82) is 0 Å². The Labute approximate surface area is 118 Å². The first kappa shape index (κ1) is 14.2. The highest BCUT2D eigenvalue weighted by molar-refractivity contribution is 5.91. The zero-order valence-electron chi connectivity index (χ0n) is 12.0. The first-order chi connectivity index (χ1) is 9.37. The number of benzene rings is 1. The maximum Gasteiger partial charge on any atom is 0.359 e. The summed E-state index contributed by atoms with van der Waals surface area (Å²) in [7, 11) is 0. The molecule has 0 atom stereocenters. The van der Waals surface area contributed by atoms with Gasteiger partial charge in [-0.05, 0) is 32.4 Å². The summed E-state index contributed by atoms with van der Waals surface area (Å²) < 4.78 is 7.01. The molecule has 0 unspecified atom stereocenters. The minimum atomic E-state index is -0.592. The molecular formula is C16H19NO3. The molecule has 2 aromatic rings. The van der Waals surface area contributed by atoms with Crippen molar-refractivity contribution in [3.8, 4) is 5.75 Å². The first-order valence-electron chi connectivity index (χ1n) is 6.52. The zero-order valence-corrected chi connectivity index (χ0v) is 12.0. The van der Waals surface area contributed by atoms with Gasteiger partial charge in [-0.15, -0.1) is 0 Å². The molecule has 0 spiro atoms. The fourth-order valence-electron chi connectivity index (χ4n) is 1.92. The van der Waals surface area contributed by atoms with E-state index in [2.05, 4.69) is 0 Å². The Bertz CT molecular complexity index is 594. The first-order valence-corrected chi connectivity index (χ1v) is 6.52. The minimum Gasteiger partial charge on any atom is -0.505 e. The second-order valence-corrected chi connectivity index (χ2v) is 5.66. The van der Waals surface area contributed by atoms with Crippen molar-refractivity contribution >= 4 is 5.97 Å². The molecule has 0 bridgehead atoms. The predicted octanol–water partition coefficient (Wildman–Crippen LogP) is 3.20. The summed E-state index contributed by atoms with van der Waals surface area (Å²) in [6, 6.07) is 11.2. The summed E-state index contributed by atoms with van der Waals surface area (Å²) in [5.41, 5.74) is 0.641. The zero-order chi connectivity index (χ0) is 14.8. The summed E-state index contributed by atoms with van der Waals surface area (Å²) in [5.74, 6) is -0.578. The lowest BCUT2D eigenvalue weighted by molar-refractivity contribution is 0.00553. The van der Waals surface area contributed by atoms with Gasteiger partial charge in [0.15, 0.2) is 5.69 Å². The van der Waals surface area contributed by atoms with Gasteiger partial charge in [-0.25, -0.2) is 4.79 Å². The normalized spacial score (nSPS) is 11.3. The number of rotatable bonds is 3. The van der Waals surface area contributed by atoms with E-state index in [0.717, 1.165) is 5.56 Å². The highest BCUT2D eigenvalue weighted by Crippen LogP contribution is 2.22. The van der Waals surface area contributed by atoms with Gasteiger partial charge >= 0.3 is 5.97 Å². The molecule has 4 heteroatoms. The quantitative estimate of drug-likeness (QED) is 0.874. The molecule has 0 saturated heterocycles. The van der Waals surface area contributed by atoms with Gasteiger partial charge in [0.2, 0.25) is 0 Å². The average Bonchev–Trinajstić information content (AvgIpc) is 2.69. The Kier molecular flexibility index (Phi) is 3.84. The molecule has 1 aromatic carbocycles. The molecule has 0 fully saturated rings.